The average molecular weight is 281 g/mol. The van der Waals surface area contributed by atoms with Crippen molar-refractivity contribution < 1.29 is 14.3 Å². The Kier molecular flexibility index (Phi) is 7.23. The summed E-state index contributed by atoms with van der Waals surface area (Å²) < 4.78 is 12.8. The minimum Gasteiger partial charge on any atom is -0.396 e. The number of hydrogen-bond donors (Lipinski definition) is 2. The van der Waals surface area contributed by atoms with E-state index in [0.29, 0.717) is 24.8 Å². The third-order valence-electron chi connectivity index (χ3n) is 3.21. The van der Waals surface area contributed by atoms with E-state index in [1.807, 2.05) is 0 Å². The molecule has 1 amide bonds. The topological polar surface area (TPSA) is 49.3 Å². The predicted molar refractivity (Wildman–Crippen MR) is 77.8 cm³/mol. The summed E-state index contributed by atoms with van der Waals surface area (Å²) in [6, 6.07) is 5.95. The van der Waals surface area contributed by atoms with Gasteiger partial charge in [-0.25, -0.2) is 4.39 Å². The molecule has 0 saturated heterocycles. The van der Waals surface area contributed by atoms with E-state index >= 15 is 0 Å². The first kappa shape index (κ1) is 16.6. The van der Waals surface area contributed by atoms with Crippen molar-refractivity contribution in [2.24, 2.45) is 11.8 Å². The molecule has 3 nitrogen and oxygen atoms in total. The molecule has 1 atom stereocenters. The third kappa shape index (κ3) is 6.66. The van der Waals surface area contributed by atoms with E-state index in [1.54, 1.807) is 12.1 Å². The molecule has 112 valence electrons. The molecule has 0 aliphatic rings. The van der Waals surface area contributed by atoms with Gasteiger partial charge in [-0.05, 0) is 42.4 Å². The number of benzene rings is 1. The van der Waals surface area contributed by atoms with Crippen LogP contribution in [-0.4, -0.2) is 24.2 Å². The Bertz CT molecular complexity index is 403. The van der Waals surface area contributed by atoms with Gasteiger partial charge in [-0.15, -0.1) is 0 Å². The summed E-state index contributed by atoms with van der Waals surface area (Å²) in [6.45, 7) is 4.99. The lowest BCUT2D eigenvalue weighted by Gasteiger charge is -2.18. The van der Waals surface area contributed by atoms with Crippen molar-refractivity contribution in [2.75, 3.05) is 13.2 Å². The van der Waals surface area contributed by atoms with Gasteiger partial charge in [0.15, 0.2) is 0 Å². The first-order valence-corrected chi connectivity index (χ1v) is 7.13. The Morgan fingerprint density at radius 1 is 1.30 bits per heavy atom. The highest BCUT2D eigenvalue weighted by Crippen LogP contribution is 2.14. The molecule has 0 saturated carbocycles. The molecule has 1 aromatic carbocycles. The summed E-state index contributed by atoms with van der Waals surface area (Å²) in [5, 5.41) is 11.9. The molecule has 1 rings (SSSR count). The smallest absolute Gasteiger partial charge is 0.224 e. The number of carbonyl (C=O) groups is 1. The van der Waals surface area contributed by atoms with Crippen molar-refractivity contribution >= 4 is 5.91 Å². The number of carbonyl (C=O) groups excluding carboxylic acids is 1. The molecule has 0 fully saturated rings. The summed E-state index contributed by atoms with van der Waals surface area (Å²) in [7, 11) is 0. The summed E-state index contributed by atoms with van der Waals surface area (Å²) in [6.07, 6.45) is 1.94. The fraction of sp³-hybridized carbons (Fsp3) is 0.562. The van der Waals surface area contributed by atoms with Crippen molar-refractivity contribution in [3.8, 4) is 0 Å². The number of aliphatic hydroxyl groups excluding tert-OH is 1. The van der Waals surface area contributed by atoms with Crippen LogP contribution in [0, 0.1) is 17.7 Å². The van der Waals surface area contributed by atoms with E-state index in [4.69, 9.17) is 5.11 Å². The molecule has 0 spiro atoms. The highest BCUT2D eigenvalue weighted by molar-refractivity contribution is 5.78. The van der Waals surface area contributed by atoms with Gasteiger partial charge in [-0.1, -0.05) is 26.0 Å². The molecule has 1 unspecified atom stereocenters. The standard InChI is InChI=1S/C16H24FNO2/c1-12(2)9-14(7-8-19)11-18-16(20)10-13-3-5-15(17)6-4-13/h3-6,12,14,19H,7-11H2,1-2H3,(H,18,20). The molecule has 0 aliphatic heterocycles. The number of nitrogens with one attached hydrogen (secondary N) is 1. The first-order chi connectivity index (χ1) is 9.51. The van der Waals surface area contributed by atoms with Gasteiger partial charge >= 0.3 is 0 Å². The highest BCUT2D eigenvalue weighted by atomic mass is 19.1. The van der Waals surface area contributed by atoms with Crippen LogP contribution < -0.4 is 5.32 Å². The predicted octanol–water partition coefficient (Wildman–Crippen LogP) is 2.53. The molecule has 0 bridgehead atoms. The number of halogens is 1. The summed E-state index contributed by atoms with van der Waals surface area (Å²) in [5.41, 5.74) is 0.798. The molecule has 0 aromatic heterocycles. The molecule has 20 heavy (non-hydrogen) atoms. The van der Waals surface area contributed by atoms with Crippen molar-refractivity contribution in [3.63, 3.8) is 0 Å². The lowest BCUT2D eigenvalue weighted by Crippen LogP contribution is -2.31. The maximum atomic E-state index is 12.8. The van der Waals surface area contributed by atoms with Crippen molar-refractivity contribution in [1.29, 1.82) is 0 Å². The molecule has 4 heteroatoms. The van der Waals surface area contributed by atoms with E-state index in [9.17, 15) is 9.18 Å². The van der Waals surface area contributed by atoms with Crippen LogP contribution in [0.4, 0.5) is 4.39 Å². The van der Waals surface area contributed by atoms with E-state index in [0.717, 1.165) is 12.0 Å². The zero-order valence-electron chi connectivity index (χ0n) is 12.2. The number of amides is 1. The van der Waals surface area contributed by atoms with Gasteiger partial charge in [0.25, 0.3) is 0 Å². The normalized spacial score (nSPS) is 12.4. The number of aliphatic hydroxyl groups is 1. The van der Waals surface area contributed by atoms with Crippen LogP contribution in [0.15, 0.2) is 24.3 Å². The minimum atomic E-state index is -0.297. The van der Waals surface area contributed by atoms with Crippen LogP contribution in [0.2, 0.25) is 0 Å². The van der Waals surface area contributed by atoms with Gasteiger partial charge in [0.2, 0.25) is 5.91 Å². The molecule has 0 heterocycles. The van der Waals surface area contributed by atoms with E-state index in [2.05, 4.69) is 19.2 Å². The second kappa shape index (κ2) is 8.69. The monoisotopic (exact) mass is 281 g/mol. The van der Waals surface area contributed by atoms with Gasteiger partial charge in [0.05, 0.1) is 6.42 Å². The third-order valence-corrected chi connectivity index (χ3v) is 3.21. The molecular weight excluding hydrogens is 257 g/mol. The molecule has 0 radical (unpaired) electrons. The second-order valence-corrected chi connectivity index (χ2v) is 5.62. The van der Waals surface area contributed by atoms with Gasteiger partial charge in [0.1, 0.15) is 5.82 Å². The Morgan fingerprint density at radius 2 is 1.95 bits per heavy atom. The van der Waals surface area contributed by atoms with Crippen molar-refractivity contribution in [1.82, 2.24) is 5.32 Å². The zero-order valence-corrected chi connectivity index (χ0v) is 12.2. The second-order valence-electron chi connectivity index (χ2n) is 5.62. The Hall–Kier alpha value is -1.42. The molecule has 0 aliphatic carbocycles. The maximum absolute atomic E-state index is 12.8. The van der Waals surface area contributed by atoms with Crippen LogP contribution in [0.25, 0.3) is 0 Å². The first-order valence-electron chi connectivity index (χ1n) is 7.13. The van der Waals surface area contributed by atoms with Crippen LogP contribution in [0.3, 0.4) is 0 Å². The minimum absolute atomic E-state index is 0.0664. The summed E-state index contributed by atoms with van der Waals surface area (Å²) in [5.74, 6) is 0.482. The van der Waals surface area contributed by atoms with Gasteiger partial charge in [0, 0.05) is 13.2 Å². The highest BCUT2D eigenvalue weighted by Gasteiger charge is 2.12. The fourth-order valence-electron chi connectivity index (χ4n) is 2.26. The Balaban J connectivity index is 2.38. The van der Waals surface area contributed by atoms with Crippen LogP contribution in [0.1, 0.15) is 32.3 Å². The van der Waals surface area contributed by atoms with Gasteiger partial charge in [-0.3, -0.25) is 4.79 Å². The van der Waals surface area contributed by atoms with Gasteiger partial charge < -0.3 is 10.4 Å². The van der Waals surface area contributed by atoms with Crippen molar-refractivity contribution in [2.45, 2.75) is 33.1 Å². The largest absolute Gasteiger partial charge is 0.396 e. The maximum Gasteiger partial charge on any atom is 0.224 e. The summed E-state index contributed by atoms with van der Waals surface area (Å²) in [4.78, 5) is 11.8. The molecular formula is C16H24FNO2. The molecule has 1 aromatic rings. The Morgan fingerprint density at radius 3 is 2.50 bits per heavy atom. The number of rotatable bonds is 8. The van der Waals surface area contributed by atoms with E-state index < -0.39 is 0 Å². The molecule has 2 N–H and O–H groups in total. The Labute approximate surface area is 120 Å². The SMILES string of the molecule is CC(C)CC(CCO)CNC(=O)Cc1ccc(F)cc1. The lowest BCUT2D eigenvalue weighted by atomic mass is 9.94. The van der Waals surface area contributed by atoms with Gasteiger partial charge in [-0.2, -0.15) is 0 Å². The van der Waals surface area contributed by atoms with Crippen LogP contribution in [-0.2, 0) is 11.2 Å². The van der Waals surface area contributed by atoms with Crippen molar-refractivity contribution in [3.05, 3.63) is 35.6 Å². The van der Waals surface area contributed by atoms with E-state index in [-0.39, 0.29) is 24.8 Å². The quantitative estimate of drug-likeness (QED) is 0.769. The lowest BCUT2D eigenvalue weighted by molar-refractivity contribution is -0.120. The summed E-state index contributed by atoms with van der Waals surface area (Å²) >= 11 is 0. The number of hydrogen-bond acceptors (Lipinski definition) is 2. The van der Waals surface area contributed by atoms with Crippen LogP contribution >= 0.6 is 0 Å². The average Bonchev–Trinajstić information content (AvgIpc) is 2.38. The van der Waals surface area contributed by atoms with Crippen LogP contribution in [0.5, 0.6) is 0 Å². The van der Waals surface area contributed by atoms with E-state index in [1.165, 1.54) is 12.1 Å². The fourth-order valence-corrected chi connectivity index (χ4v) is 2.26. The zero-order chi connectivity index (χ0) is 15.0.